The summed E-state index contributed by atoms with van der Waals surface area (Å²) in [6, 6.07) is 0. The van der Waals surface area contributed by atoms with Gasteiger partial charge < -0.3 is 14.5 Å². The zero-order chi connectivity index (χ0) is 11.1. The molecule has 0 saturated carbocycles. The van der Waals surface area contributed by atoms with Crippen LogP contribution in [0.5, 0.6) is 0 Å². The maximum atomic E-state index is 5.60. The quantitative estimate of drug-likeness (QED) is 0.739. The molecule has 1 aromatic rings. The summed E-state index contributed by atoms with van der Waals surface area (Å²) in [5.41, 5.74) is 0. The van der Waals surface area contributed by atoms with Gasteiger partial charge in [-0.05, 0) is 13.0 Å². The van der Waals surface area contributed by atoms with Gasteiger partial charge in [0.2, 0.25) is 0 Å². The van der Waals surface area contributed by atoms with E-state index in [1.807, 2.05) is 13.2 Å². The Balaban J connectivity index is 2.38. The van der Waals surface area contributed by atoms with E-state index in [2.05, 4.69) is 17.2 Å². The summed E-state index contributed by atoms with van der Waals surface area (Å²) in [5.74, 6) is 2.23. The van der Waals surface area contributed by atoms with Crippen molar-refractivity contribution < 1.29 is 9.15 Å². The Labute approximate surface area is 91.0 Å². The summed E-state index contributed by atoms with van der Waals surface area (Å²) < 4.78 is 10.7. The van der Waals surface area contributed by atoms with Gasteiger partial charge in [0.15, 0.2) is 5.89 Å². The molecule has 4 heteroatoms. The fourth-order valence-electron chi connectivity index (χ4n) is 1.48. The van der Waals surface area contributed by atoms with Crippen LogP contribution >= 0.6 is 0 Å². The Kier molecular flexibility index (Phi) is 5.36. The molecule has 1 aromatic heterocycles. The van der Waals surface area contributed by atoms with Gasteiger partial charge in [-0.3, -0.25) is 0 Å². The van der Waals surface area contributed by atoms with Gasteiger partial charge in [-0.15, -0.1) is 0 Å². The number of ether oxygens (including phenoxy) is 1. The van der Waals surface area contributed by atoms with Crippen molar-refractivity contribution in [3.63, 3.8) is 0 Å². The molecular weight excluding hydrogens is 192 g/mol. The standard InChI is InChI=1S/C11H20N2O2/c1-9(8-14-3)6-10-7-13-11(15-10)4-5-12-2/h7,9,12H,4-6,8H2,1-3H3. The molecule has 0 radical (unpaired) electrons. The van der Waals surface area contributed by atoms with Crippen LogP contribution in [0.1, 0.15) is 18.6 Å². The summed E-state index contributed by atoms with van der Waals surface area (Å²) in [6.07, 6.45) is 3.55. The number of methoxy groups -OCH3 is 1. The molecule has 0 amide bonds. The van der Waals surface area contributed by atoms with Crippen molar-refractivity contribution >= 4 is 0 Å². The molecule has 1 heterocycles. The smallest absolute Gasteiger partial charge is 0.195 e. The van der Waals surface area contributed by atoms with E-state index >= 15 is 0 Å². The molecular formula is C11H20N2O2. The van der Waals surface area contributed by atoms with Crippen molar-refractivity contribution in [2.75, 3.05) is 27.3 Å². The van der Waals surface area contributed by atoms with Crippen LogP contribution in [0.2, 0.25) is 0 Å². The molecule has 1 unspecified atom stereocenters. The monoisotopic (exact) mass is 212 g/mol. The Bertz CT molecular complexity index is 273. The van der Waals surface area contributed by atoms with Crippen LogP contribution in [0, 0.1) is 5.92 Å². The third-order valence-electron chi connectivity index (χ3n) is 2.19. The average molecular weight is 212 g/mol. The summed E-state index contributed by atoms with van der Waals surface area (Å²) in [4.78, 5) is 4.22. The van der Waals surface area contributed by atoms with Gasteiger partial charge in [-0.2, -0.15) is 0 Å². The maximum absolute atomic E-state index is 5.60. The largest absolute Gasteiger partial charge is 0.446 e. The summed E-state index contributed by atoms with van der Waals surface area (Å²) >= 11 is 0. The van der Waals surface area contributed by atoms with Gasteiger partial charge in [-0.1, -0.05) is 6.92 Å². The minimum Gasteiger partial charge on any atom is -0.446 e. The van der Waals surface area contributed by atoms with Crippen LogP contribution in [0.15, 0.2) is 10.6 Å². The fraction of sp³-hybridized carbons (Fsp3) is 0.727. The number of hydrogen-bond acceptors (Lipinski definition) is 4. The molecule has 0 bridgehead atoms. The molecule has 4 nitrogen and oxygen atoms in total. The third-order valence-corrected chi connectivity index (χ3v) is 2.19. The van der Waals surface area contributed by atoms with Crippen LogP contribution < -0.4 is 5.32 Å². The zero-order valence-corrected chi connectivity index (χ0v) is 9.75. The number of rotatable bonds is 7. The van der Waals surface area contributed by atoms with Crippen LogP contribution in [0.3, 0.4) is 0 Å². The molecule has 1 atom stereocenters. The minimum absolute atomic E-state index is 0.472. The molecule has 0 aliphatic heterocycles. The van der Waals surface area contributed by atoms with E-state index in [0.29, 0.717) is 5.92 Å². The second-order valence-electron chi connectivity index (χ2n) is 3.84. The summed E-state index contributed by atoms with van der Waals surface area (Å²) in [7, 11) is 3.64. The normalized spacial score (nSPS) is 13.0. The van der Waals surface area contributed by atoms with E-state index in [-0.39, 0.29) is 0 Å². The van der Waals surface area contributed by atoms with Crippen molar-refractivity contribution in [3.8, 4) is 0 Å². The van der Waals surface area contributed by atoms with Crippen molar-refractivity contribution in [3.05, 3.63) is 17.8 Å². The SMILES string of the molecule is CNCCc1ncc(CC(C)COC)o1. The molecule has 0 spiro atoms. The second kappa shape index (κ2) is 6.58. The van der Waals surface area contributed by atoms with Crippen molar-refractivity contribution in [1.82, 2.24) is 10.3 Å². The zero-order valence-electron chi connectivity index (χ0n) is 9.75. The predicted molar refractivity (Wildman–Crippen MR) is 58.9 cm³/mol. The number of oxazole rings is 1. The highest BCUT2D eigenvalue weighted by molar-refractivity contribution is 4.95. The van der Waals surface area contributed by atoms with E-state index in [4.69, 9.17) is 9.15 Å². The topological polar surface area (TPSA) is 47.3 Å². The molecule has 0 aromatic carbocycles. The van der Waals surface area contributed by atoms with Crippen molar-refractivity contribution in [2.45, 2.75) is 19.8 Å². The lowest BCUT2D eigenvalue weighted by molar-refractivity contribution is 0.156. The fourth-order valence-corrected chi connectivity index (χ4v) is 1.48. The lowest BCUT2D eigenvalue weighted by Crippen LogP contribution is -2.10. The van der Waals surface area contributed by atoms with Gasteiger partial charge >= 0.3 is 0 Å². The highest BCUT2D eigenvalue weighted by atomic mass is 16.5. The van der Waals surface area contributed by atoms with Crippen LogP contribution in [0.25, 0.3) is 0 Å². The summed E-state index contributed by atoms with van der Waals surface area (Å²) in [5, 5.41) is 3.07. The van der Waals surface area contributed by atoms with Crippen molar-refractivity contribution in [1.29, 1.82) is 0 Å². The first-order valence-corrected chi connectivity index (χ1v) is 5.33. The number of aromatic nitrogens is 1. The van der Waals surface area contributed by atoms with Crippen LogP contribution in [-0.4, -0.2) is 32.3 Å². The first-order valence-electron chi connectivity index (χ1n) is 5.33. The van der Waals surface area contributed by atoms with Gasteiger partial charge in [0.25, 0.3) is 0 Å². The molecule has 0 saturated heterocycles. The lowest BCUT2D eigenvalue weighted by Gasteiger charge is -2.06. The number of hydrogen-bond donors (Lipinski definition) is 1. The molecule has 15 heavy (non-hydrogen) atoms. The number of nitrogens with one attached hydrogen (secondary N) is 1. The third kappa shape index (κ3) is 4.44. The minimum atomic E-state index is 0.472. The molecule has 1 rings (SSSR count). The highest BCUT2D eigenvalue weighted by Crippen LogP contribution is 2.10. The molecule has 1 N–H and O–H groups in total. The molecule has 0 aliphatic rings. The van der Waals surface area contributed by atoms with Gasteiger partial charge in [-0.25, -0.2) is 4.98 Å². The Morgan fingerprint density at radius 2 is 2.40 bits per heavy atom. The number of nitrogens with zero attached hydrogens (tertiary/aromatic N) is 1. The average Bonchev–Trinajstić information content (AvgIpc) is 2.63. The second-order valence-corrected chi connectivity index (χ2v) is 3.84. The van der Waals surface area contributed by atoms with E-state index < -0.39 is 0 Å². The Morgan fingerprint density at radius 1 is 1.60 bits per heavy atom. The Morgan fingerprint density at radius 3 is 3.07 bits per heavy atom. The van der Waals surface area contributed by atoms with Gasteiger partial charge in [0, 0.05) is 33.1 Å². The van der Waals surface area contributed by atoms with Crippen molar-refractivity contribution in [2.24, 2.45) is 5.92 Å². The number of likely N-dealkylation sites (N-methyl/N-ethyl adjacent to an activating group) is 1. The summed E-state index contributed by atoms with van der Waals surface area (Å²) in [6.45, 7) is 3.79. The molecule has 0 aliphatic carbocycles. The van der Waals surface area contributed by atoms with E-state index in [1.54, 1.807) is 7.11 Å². The predicted octanol–water partition coefficient (Wildman–Crippen LogP) is 1.26. The van der Waals surface area contributed by atoms with E-state index in [1.165, 1.54) is 0 Å². The van der Waals surface area contributed by atoms with Gasteiger partial charge in [0.1, 0.15) is 5.76 Å². The first-order chi connectivity index (χ1) is 7.26. The van der Waals surface area contributed by atoms with Crippen LogP contribution in [0.4, 0.5) is 0 Å². The lowest BCUT2D eigenvalue weighted by atomic mass is 10.1. The highest BCUT2D eigenvalue weighted by Gasteiger charge is 2.08. The first kappa shape index (κ1) is 12.2. The van der Waals surface area contributed by atoms with Gasteiger partial charge in [0.05, 0.1) is 6.20 Å². The van der Waals surface area contributed by atoms with E-state index in [0.717, 1.165) is 37.6 Å². The molecule has 86 valence electrons. The van der Waals surface area contributed by atoms with Crippen LogP contribution in [-0.2, 0) is 17.6 Å². The van der Waals surface area contributed by atoms with E-state index in [9.17, 15) is 0 Å². The Hall–Kier alpha value is -0.870. The molecule has 0 fully saturated rings. The maximum Gasteiger partial charge on any atom is 0.195 e.